The first-order valence-electron chi connectivity index (χ1n) is 9.58. The van der Waals surface area contributed by atoms with E-state index in [0.717, 1.165) is 35.2 Å². The van der Waals surface area contributed by atoms with Crippen molar-refractivity contribution in [2.75, 3.05) is 24.7 Å². The molecule has 1 aliphatic heterocycles. The van der Waals surface area contributed by atoms with Gasteiger partial charge in [0.05, 0.1) is 22.9 Å². The molecule has 6 heteroatoms. The number of aromatic nitrogens is 1. The van der Waals surface area contributed by atoms with Gasteiger partial charge in [-0.1, -0.05) is 35.6 Å². The Morgan fingerprint density at radius 1 is 1.25 bits per heavy atom. The first-order valence-corrected chi connectivity index (χ1v) is 10.4. The number of rotatable bonds is 6. The standard InChI is InChI=1S/C22H24N2O3S/c1-15-10-11-19-21(16(15)2)23-22(28-19)24(13-18-9-6-12-26-18)20(25)14-27-17-7-4-3-5-8-17/h3-5,7-8,10-11,18H,6,9,12-14H2,1-2H3. The van der Waals surface area contributed by atoms with Crippen molar-refractivity contribution < 1.29 is 14.3 Å². The van der Waals surface area contributed by atoms with Crippen LogP contribution in [-0.4, -0.2) is 36.8 Å². The number of ether oxygens (including phenoxy) is 2. The van der Waals surface area contributed by atoms with Crippen molar-refractivity contribution in [3.63, 3.8) is 0 Å². The third-order valence-corrected chi connectivity index (χ3v) is 6.16. The highest BCUT2D eigenvalue weighted by molar-refractivity contribution is 7.22. The highest BCUT2D eigenvalue weighted by atomic mass is 32.1. The minimum absolute atomic E-state index is 0.0231. The van der Waals surface area contributed by atoms with Crippen molar-refractivity contribution in [2.45, 2.75) is 32.8 Å². The molecule has 0 bridgehead atoms. The molecule has 0 radical (unpaired) electrons. The Bertz CT molecular complexity index is 965. The van der Waals surface area contributed by atoms with Crippen LogP contribution in [0.1, 0.15) is 24.0 Å². The van der Waals surface area contributed by atoms with Gasteiger partial charge in [0, 0.05) is 6.61 Å². The Kier molecular flexibility index (Phi) is 5.59. The maximum atomic E-state index is 13.0. The molecule has 28 heavy (non-hydrogen) atoms. The summed E-state index contributed by atoms with van der Waals surface area (Å²) in [7, 11) is 0. The first-order chi connectivity index (χ1) is 13.6. The Morgan fingerprint density at radius 3 is 2.82 bits per heavy atom. The van der Waals surface area contributed by atoms with Gasteiger partial charge in [-0.05, 0) is 56.0 Å². The van der Waals surface area contributed by atoms with E-state index in [4.69, 9.17) is 14.5 Å². The van der Waals surface area contributed by atoms with Gasteiger partial charge in [0.15, 0.2) is 11.7 Å². The molecule has 1 aromatic heterocycles. The summed E-state index contributed by atoms with van der Waals surface area (Å²) in [6, 6.07) is 13.6. The summed E-state index contributed by atoms with van der Waals surface area (Å²) in [6.07, 6.45) is 2.05. The topological polar surface area (TPSA) is 51.7 Å². The highest BCUT2D eigenvalue weighted by Crippen LogP contribution is 2.32. The van der Waals surface area contributed by atoms with E-state index in [-0.39, 0.29) is 18.6 Å². The average molecular weight is 397 g/mol. The number of anilines is 1. The van der Waals surface area contributed by atoms with Crippen molar-refractivity contribution in [3.05, 3.63) is 53.6 Å². The number of amides is 1. The zero-order valence-corrected chi connectivity index (χ0v) is 17.0. The second-order valence-corrected chi connectivity index (χ2v) is 8.10. The molecular weight excluding hydrogens is 372 g/mol. The number of para-hydroxylation sites is 1. The summed E-state index contributed by atoms with van der Waals surface area (Å²) in [6.45, 7) is 5.40. The Hall–Kier alpha value is -2.44. The van der Waals surface area contributed by atoms with Crippen molar-refractivity contribution >= 4 is 32.6 Å². The molecule has 1 fully saturated rings. The Balaban J connectivity index is 1.59. The number of benzene rings is 2. The predicted octanol–water partition coefficient (Wildman–Crippen LogP) is 4.50. The number of thiazole rings is 1. The summed E-state index contributed by atoms with van der Waals surface area (Å²) in [5, 5.41) is 0.709. The van der Waals surface area contributed by atoms with E-state index >= 15 is 0 Å². The fraction of sp³-hybridized carbons (Fsp3) is 0.364. The second kappa shape index (κ2) is 8.29. The lowest BCUT2D eigenvalue weighted by Crippen LogP contribution is -2.40. The number of carbonyl (C=O) groups is 1. The van der Waals surface area contributed by atoms with E-state index in [2.05, 4.69) is 26.0 Å². The predicted molar refractivity (Wildman–Crippen MR) is 112 cm³/mol. The summed E-state index contributed by atoms with van der Waals surface area (Å²) >= 11 is 1.54. The molecule has 1 unspecified atom stereocenters. The second-order valence-electron chi connectivity index (χ2n) is 7.09. The van der Waals surface area contributed by atoms with Crippen LogP contribution in [0, 0.1) is 13.8 Å². The summed E-state index contributed by atoms with van der Waals surface area (Å²) in [5.74, 6) is 0.580. The zero-order chi connectivity index (χ0) is 19.5. The lowest BCUT2D eigenvalue weighted by atomic mass is 10.1. The molecular formula is C22H24N2O3S. The van der Waals surface area contributed by atoms with Crippen LogP contribution in [0.2, 0.25) is 0 Å². The van der Waals surface area contributed by atoms with E-state index in [1.54, 1.807) is 16.2 Å². The van der Waals surface area contributed by atoms with Crippen LogP contribution in [0.25, 0.3) is 10.2 Å². The molecule has 2 heterocycles. The lowest BCUT2D eigenvalue weighted by Gasteiger charge is -2.23. The van der Waals surface area contributed by atoms with Gasteiger partial charge >= 0.3 is 0 Å². The minimum Gasteiger partial charge on any atom is -0.484 e. The maximum Gasteiger partial charge on any atom is 0.266 e. The highest BCUT2D eigenvalue weighted by Gasteiger charge is 2.26. The third kappa shape index (κ3) is 4.03. The first kappa shape index (κ1) is 18.9. The average Bonchev–Trinajstić information content (AvgIpc) is 3.38. The van der Waals surface area contributed by atoms with Gasteiger partial charge < -0.3 is 9.47 Å². The minimum atomic E-state index is -0.104. The van der Waals surface area contributed by atoms with Crippen molar-refractivity contribution in [2.24, 2.45) is 0 Å². The summed E-state index contributed by atoms with van der Waals surface area (Å²) < 4.78 is 12.6. The molecule has 1 atom stereocenters. The fourth-order valence-corrected chi connectivity index (χ4v) is 4.40. The molecule has 0 saturated carbocycles. The van der Waals surface area contributed by atoms with Crippen LogP contribution in [0.15, 0.2) is 42.5 Å². The summed E-state index contributed by atoms with van der Waals surface area (Å²) in [5.41, 5.74) is 3.33. The van der Waals surface area contributed by atoms with E-state index < -0.39 is 0 Å². The largest absolute Gasteiger partial charge is 0.484 e. The van der Waals surface area contributed by atoms with Gasteiger partial charge in [-0.25, -0.2) is 4.98 Å². The monoisotopic (exact) mass is 396 g/mol. The molecule has 2 aromatic carbocycles. The molecule has 0 aliphatic carbocycles. The molecule has 1 amide bonds. The number of nitrogens with zero attached hydrogens (tertiary/aromatic N) is 2. The number of aryl methyl sites for hydroxylation is 2. The molecule has 1 saturated heterocycles. The lowest BCUT2D eigenvalue weighted by molar-refractivity contribution is -0.120. The molecule has 3 aromatic rings. The van der Waals surface area contributed by atoms with E-state index in [9.17, 15) is 4.79 Å². The molecule has 5 nitrogen and oxygen atoms in total. The Labute approximate surface area is 168 Å². The van der Waals surface area contributed by atoms with Crippen LogP contribution >= 0.6 is 11.3 Å². The maximum absolute atomic E-state index is 13.0. The SMILES string of the molecule is Cc1ccc2sc(N(CC3CCCO3)C(=O)COc3ccccc3)nc2c1C. The molecule has 146 valence electrons. The Morgan fingerprint density at radius 2 is 2.07 bits per heavy atom. The van der Waals surface area contributed by atoms with Crippen LogP contribution in [0.3, 0.4) is 0 Å². The van der Waals surface area contributed by atoms with Crippen molar-refractivity contribution in [1.29, 1.82) is 0 Å². The number of fused-ring (bicyclic) bond motifs is 1. The molecule has 0 spiro atoms. The third-order valence-electron chi connectivity index (χ3n) is 5.12. The van der Waals surface area contributed by atoms with E-state index in [1.807, 2.05) is 30.3 Å². The zero-order valence-electron chi connectivity index (χ0n) is 16.2. The van der Waals surface area contributed by atoms with Crippen LogP contribution in [0.5, 0.6) is 5.75 Å². The quantitative estimate of drug-likeness (QED) is 0.615. The van der Waals surface area contributed by atoms with Gasteiger partial charge in [0.25, 0.3) is 5.91 Å². The molecule has 1 aliphatic rings. The van der Waals surface area contributed by atoms with Crippen LogP contribution < -0.4 is 9.64 Å². The van der Waals surface area contributed by atoms with E-state index in [1.165, 1.54) is 5.56 Å². The van der Waals surface area contributed by atoms with E-state index in [0.29, 0.717) is 17.4 Å². The van der Waals surface area contributed by atoms with Crippen molar-refractivity contribution in [1.82, 2.24) is 4.98 Å². The molecule has 4 rings (SSSR count). The number of hydrogen-bond donors (Lipinski definition) is 0. The summed E-state index contributed by atoms with van der Waals surface area (Å²) in [4.78, 5) is 19.6. The fourth-order valence-electron chi connectivity index (χ4n) is 3.35. The van der Waals surface area contributed by atoms with Crippen LogP contribution in [-0.2, 0) is 9.53 Å². The van der Waals surface area contributed by atoms with Crippen LogP contribution in [0.4, 0.5) is 5.13 Å². The number of carbonyl (C=O) groups excluding carboxylic acids is 1. The molecule has 0 N–H and O–H groups in total. The van der Waals surface area contributed by atoms with Gasteiger partial charge in [-0.2, -0.15) is 0 Å². The smallest absolute Gasteiger partial charge is 0.266 e. The van der Waals surface area contributed by atoms with Gasteiger partial charge in [-0.3, -0.25) is 9.69 Å². The van der Waals surface area contributed by atoms with Gasteiger partial charge in [0.2, 0.25) is 0 Å². The van der Waals surface area contributed by atoms with Gasteiger partial charge in [0.1, 0.15) is 5.75 Å². The van der Waals surface area contributed by atoms with Gasteiger partial charge in [-0.15, -0.1) is 0 Å². The normalized spacial score (nSPS) is 16.4. The van der Waals surface area contributed by atoms with Crippen molar-refractivity contribution in [3.8, 4) is 5.75 Å². The number of hydrogen-bond acceptors (Lipinski definition) is 5.